The minimum Gasteiger partial charge on any atom is -0.266 e. The Labute approximate surface area is 74.9 Å². The normalized spacial score (nSPS) is 10.1. The molecule has 0 bridgehead atoms. The van der Waals surface area contributed by atoms with Crippen LogP contribution >= 0.6 is 12.6 Å². The molecule has 0 saturated heterocycles. The average Bonchev–Trinajstić information content (AvgIpc) is 2.48. The fourth-order valence-electron chi connectivity index (χ4n) is 0.802. The Kier molecular flexibility index (Phi) is 3.09. The van der Waals surface area contributed by atoms with E-state index in [0.717, 1.165) is 12.2 Å². The number of thiol groups is 1. The predicted octanol–water partition coefficient (Wildman–Crippen LogP) is 1.11. The van der Waals surface area contributed by atoms with Crippen molar-refractivity contribution < 1.29 is 4.92 Å². The molecule has 0 aromatic carbocycles. The van der Waals surface area contributed by atoms with Crippen LogP contribution in [0, 0.1) is 10.1 Å². The maximum absolute atomic E-state index is 10.2. The molecule has 0 aliphatic carbocycles. The van der Waals surface area contributed by atoms with Gasteiger partial charge in [-0.25, -0.2) is 0 Å². The molecular formula is C6H9N3O2S. The molecule has 0 spiro atoms. The van der Waals surface area contributed by atoms with E-state index in [4.69, 9.17) is 0 Å². The third-order valence-electron chi connectivity index (χ3n) is 1.38. The molecular weight excluding hydrogens is 178 g/mol. The van der Waals surface area contributed by atoms with Crippen molar-refractivity contribution in [3.63, 3.8) is 0 Å². The highest BCUT2D eigenvalue weighted by Crippen LogP contribution is 2.07. The summed E-state index contributed by atoms with van der Waals surface area (Å²) in [5.41, 5.74) is 0.0363. The number of rotatable bonds is 4. The molecule has 12 heavy (non-hydrogen) atoms. The molecule has 1 aromatic heterocycles. The van der Waals surface area contributed by atoms with E-state index in [9.17, 15) is 10.1 Å². The molecule has 0 atom stereocenters. The van der Waals surface area contributed by atoms with Gasteiger partial charge in [-0.15, -0.1) is 0 Å². The minimum absolute atomic E-state index is 0.0363. The first-order valence-electron chi connectivity index (χ1n) is 3.51. The zero-order valence-electron chi connectivity index (χ0n) is 6.38. The first-order valence-corrected chi connectivity index (χ1v) is 4.15. The number of hydrogen-bond donors (Lipinski definition) is 1. The van der Waals surface area contributed by atoms with Crippen LogP contribution in [0.25, 0.3) is 0 Å². The van der Waals surface area contributed by atoms with E-state index in [1.165, 1.54) is 12.4 Å². The molecule has 0 radical (unpaired) electrons. The number of nitro groups is 1. The quantitative estimate of drug-likeness (QED) is 0.436. The van der Waals surface area contributed by atoms with Crippen LogP contribution in [0.1, 0.15) is 6.42 Å². The van der Waals surface area contributed by atoms with Crippen LogP contribution in [0.3, 0.4) is 0 Å². The van der Waals surface area contributed by atoms with Gasteiger partial charge in [-0.05, 0) is 12.2 Å². The number of aromatic nitrogens is 2. The van der Waals surface area contributed by atoms with Gasteiger partial charge in [-0.2, -0.15) is 17.7 Å². The van der Waals surface area contributed by atoms with Crippen LogP contribution < -0.4 is 0 Å². The van der Waals surface area contributed by atoms with Crippen molar-refractivity contribution in [2.24, 2.45) is 0 Å². The first kappa shape index (κ1) is 9.05. The van der Waals surface area contributed by atoms with E-state index < -0.39 is 4.92 Å². The van der Waals surface area contributed by atoms with Gasteiger partial charge >= 0.3 is 5.69 Å². The van der Waals surface area contributed by atoms with Gasteiger partial charge in [0.05, 0.1) is 4.92 Å². The van der Waals surface area contributed by atoms with Gasteiger partial charge < -0.3 is 0 Å². The van der Waals surface area contributed by atoms with Gasteiger partial charge in [0.25, 0.3) is 0 Å². The van der Waals surface area contributed by atoms with Crippen LogP contribution in [-0.4, -0.2) is 20.5 Å². The maximum Gasteiger partial charge on any atom is 0.306 e. The highest BCUT2D eigenvalue weighted by Gasteiger charge is 2.07. The van der Waals surface area contributed by atoms with E-state index in [1.54, 1.807) is 4.68 Å². The van der Waals surface area contributed by atoms with Gasteiger partial charge in [-0.3, -0.25) is 14.8 Å². The van der Waals surface area contributed by atoms with Crippen molar-refractivity contribution in [2.45, 2.75) is 13.0 Å². The summed E-state index contributed by atoms with van der Waals surface area (Å²) in [4.78, 5) is 9.77. The summed E-state index contributed by atoms with van der Waals surface area (Å²) in [6, 6.07) is 0. The SMILES string of the molecule is O=[N+]([O-])c1cnn(CCCS)c1. The standard InChI is InChI=1S/C6H9N3O2S/c10-9(11)6-4-7-8(5-6)2-1-3-12/h4-5,12H,1-3H2. The summed E-state index contributed by atoms with van der Waals surface area (Å²) >= 11 is 4.02. The van der Waals surface area contributed by atoms with Crippen molar-refractivity contribution >= 4 is 18.3 Å². The molecule has 6 heteroatoms. The first-order chi connectivity index (χ1) is 5.74. The maximum atomic E-state index is 10.2. The Hall–Kier alpha value is -1.04. The molecule has 1 aromatic rings. The van der Waals surface area contributed by atoms with Crippen molar-refractivity contribution in [3.8, 4) is 0 Å². The average molecular weight is 187 g/mol. The summed E-state index contributed by atoms with van der Waals surface area (Å²) in [5, 5.41) is 14.0. The number of nitrogens with zero attached hydrogens (tertiary/aromatic N) is 3. The summed E-state index contributed by atoms with van der Waals surface area (Å²) < 4.78 is 1.55. The molecule has 66 valence electrons. The molecule has 0 aliphatic rings. The number of hydrogen-bond acceptors (Lipinski definition) is 4. The zero-order valence-corrected chi connectivity index (χ0v) is 7.28. The van der Waals surface area contributed by atoms with Crippen LogP contribution in [0.4, 0.5) is 5.69 Å². The van der Waals surface area contributed by atoms with Crippen LogP contribution in [0.5, 0.6) is 0 Å². The van der Waals surface area contributed by atoms with Gasteiger partial charge in [-0.1, -0.05) is 0 Å². The van der Waals surface area contributed by atoms with Crippen molar-refractivity contribution in [1.29, 1.82) is 0 Å². The van der Waals surface area contributed by atoms with Gasteiger partial charge in [0.15, 0.2) is 0 Å². The highest BCUT2D eigenvalue weighted by molar-refractivity contribution is 7.80. The molecule has 0 fully saturated rings. The molecule has 5 nitrogen and oxygen atoms in total. The summed E-state index contributed by atoms with van der Waals surface area (Å²) in [5.74, 6) is 0.758. The third kappa shape index (κ3) is 2.23. The molecule has 1 heterocycles. The Bertz CT molecular complexity index is 274. The Morgan fingerprint density at radius 3 is 3.00 bits per heavy atom. The smallest absolute Gasteiger partial charge is 0.266 e. The Morgan fingerprint density at radius 1 is 1.75 bits per heavy atom. The van der Waals surface area contributed by atoms with E-state index in [-0.39, 0.29) is 5.69 Å². The van der Waals surface area contributed by atoms with Gasteiger partial charge in [0, 0.05) is 6.54 Å². The third-order valence-corrected chi connectivity index (χ3v) is 1.69. The van der Waals surface area contributed by atoms with E-state index in [1.807, 2.05) is 0 Å². The number of aryl methyl sites for hydroxylation is 1. The molecule has 0 aliphatic heterocycles. The monoisotopic (exact) mass is 187 g/mol. The van der Waals surface area contributed by atoms with Crippen LogP contribution in [-0.2, 0) is 6.54 Å². The molecule has 0 N–H and O–H groups in total. The Balaban J connectivity index is 2.58. The second-order valence-electron chi connectivity index (χ2n) is 2.30. The zero-order chi connectivity index (χ0) is 8.97. The Morgan fingerprint density at radius 2 is 2.50 bits per heavy atom. The van der Waals surface area contributed by atoms with E-state index in [2.05, 4.69) is 17.7 Å². The lowest BCUT2D eigenvalue weighted by molar-refractivity contribution is -0.385. The second-order valence-corrected chi connectivity index (χ2v) is 2.74. The largest absolute Gasteiger partial charge is 0.306 e. The van der Waals surface area contributed by atoms with Gasteiger partial charge in [0.2, 0.25) is 0 Å². The fraction of sp³-hybridized carbons (Fsp3) is 0.500. The van der Waals surface area contributed by atoms with Crippen molar-refractivity contribution in [3.05, 3.63) is 22.5 Å². The minimum atomic E-state index is -0.454. The van der Waals surface area contributed by atoms with Gasteiger partial charge in [0.1, 0.15) is 12.4 Å². The molecule has 0 amide bonds. The second kappa shape index (κ2) is 4.10. The summed E-state index contributed by atoms with van der Waals surface area (Å²) in [7, 11) is 0. The topological polar surface area (TPSA) is 61.0 Å². The van der Waals surface area contributed by atoms with Crippen molar-refractivity contribution in [1.82, 2.24) is 9.78 Å². The summed E-state index contributed by atoms with van der Waals surface area (Å²) in [6.45, 7) is 0.678. The van der Waals surface area contributed by atoms with Crippen LogP contribution in [0.2, 0.25) is 0 Å². The fourth-order valence-corrected chi connectivity index (χ4v) is 0.943. The van der Waals surface area contributed by atoms with Crippen LogP contribution in [0.15, 0.2) is 12.4 Å². The summed E-state index contributed by atoms with van der Waals surface area (Å²) in [6.07, 6.45) is 3.53. The highest BCUT2D eigenvalue weighted by atomic mass is 32.1. The van der Waals surface area contributed by atoms with Crippen molar-refractivity contribution in [2.75, 3.05) is 5.75 Å². The molecule has 0 unspecified atom stereocenters. The molecule has 0 saturated carbocycles. The lowest BCUT2D eigenvalue weighted by Gasteiger charge is -1.95. The predicted molar refractivity (Wildman–Crippen MR) is 47.4 cm³/mol. The molecule has 1 rings (SSSR count). The van der Waals surface area contributed by atoms with E-state index in [0.29, 0.717) is 6.54 Å². The lowest BCUT2D eigenvalue weighted by atomic mass is 10.5. The lowest BCUT2D eigenvalue weighted by Crippen LogP contribution is -1.98. The van der Waals surface area contributed by atoms with E-state index >= 15 is 0 Å².